The number of fused-ring (bicyclic) bond motifs is 1. The smallest absolute Gasteiger partial charge is 0.00720 e. The molecule has 1 unspecified atom stereocenters. The summed E-state index contributed by atoms with van der Waals surface area (Å²) in [6, 6.07) is 7.11. The predicted molar refractivity (Wildman–Crippen MR) is 71.0 cm³/mol. The van der Waals surface area contributed by atoms with E-state index >= 15 is 0 Å². The van der Waals surface area contributed by atoms with Gasteiger partial charge in [0.25, 0.3) is 0 Å². The Morgan fingerprint density at radius 3 is 2.38 bits per heavy atom. The highest BCUT2D eigenvalue weighted by atomic mass is 14.4. The van der Waals surface area contributed by atoms with Gasteiger partial charge in [0.15, 0.2) is 0 Å². The molecule has 2 rings (SSSR count). The van der Waals surface area contributed by atoms with Crippen LogP contribution in [0.3, 0.4) is 0 Å². The van der Waals surface area contributed by atoms with Crippen LogP contribution in [0.4, 0.5) is 0 Å². The van der Waals surface area contributed by atoms with Gasteiger partial charge in [-0.15, -0.1) is 0 Å². The molecule has 1 atom stereocenters. The summed E-state index contributed by atoms with van der Waals surface area (Å²) in [5.74, 6) is 0.762. The molecule has 0 heteroatoms. The number of hydrogen-bond acceptors (Lipinski definition) is 0. The van der Waals surface area contributed by atoms with Gasteiger partial charge >= 0.3 is 0 Å². The Kier molecular flexibility index (Phi) is 2.45. The zero-order valence-corrected chi connectivity index (χ0v) is 11.5. The molecule has 0 aromatic heterocycles. The summed E-state index contributed by atoms with van der Waals surface area (Å²) in [4.78, 5) is 0. The highest BCUT2D eigenvalue weighted by Crippen LogP contribution is 2.43. The van der Waals surface area contributed by atoms with E-state index in [2.05, 4.69) is 59.7 Å². The standard InChI is InChI=1S/C16H24/c1-11-9-12-10-13(15(2,3)4)7-8-14(12)16(11,5)6/h7-8,10-11H,9H2,1-6H3. The molecule has 0 heterocycles. The fourth-order valence-corrected chi connectivity index (χ4v) is 2.71. The van der Waals surface area contributed by atoms with Crippen LogP contribution in [0.1, 0.15) is 58.2 Å². The van der Waals surface area contributed by atoms with Crippen LogP contribution in [-0.2, 0) is 17.3 Å². The fourth-order valence-electron chi connectivity index (χ4n) is 2.71. The maximum atomic E-state index is 2.43. The van der Waals surface area contributed by atoms with Crippen LogP contribution in [0.15, 0.2) is 18.2 Å². The first-order valence-corrected chi connectivity index (χ1v) is 6.37. The largest absolute Gasteiger partial charge is 0.0614 e. The van der Waals surface area contributed by atoms with Crippen LogP contribution < -0.4 is 0 Å². The van der Waals surface area contributed by atoms with Gasteiger partial charge in [0.05, 0.1) is 0 Å². The van der Waals surface area contributed by atoms with Crippen LogP contribution >= 0.6 is 0 Å². The molecular formula is C16H24. The first kappa shape index (κ1) is 11.7. The highest BCUT2D eigenvalue weighted by Gasteiger charge is 2.36. The Balaban J connectivity index is 2.49. The van der Waals surface area contributed by atoms with Crippen LogP contribution in [0.5, 0.6) is 0 Å². The van der Waals surface area contributed by atoms with E-state index in [0.717, 1.165) is 5.92 Å². The van der Waals surface area contributed by atoms with Crippen molar-refractivity contribution in [3.63, 3.8) is 0 Å². The van der Waals surface area contributed by atoms with Crippen LogP contribution in [0.25, 0.3) is 0 Å². The molecule has 0 amide bonds. The molecule has 1 aromatic rings. The SMILES string of the molecule is CC1Cc2cc(C(C)(C)C)ccc2C1(C)C. The van der Waals surface area contributed by atoms with Gasteiger partial charge < -0.3 is 0 Å². The normalized spacial score (nSPS) is 23.2. The molecule has 88 valence electrons. The number of benzene rings is 1. The van der Waals surface area contributed by atoms with Crippen LogP contribution in [-0.4, -0.2) is 0 Å². The molecule has 1 aromatic carbocycles. The molecule has 1 aliphatic rings. The third-order valence-electron chi connectivity index (χ3n) is 4.42. The van der Waals surface area contributed by atoms with Crippen molar-refractivity contribution in [3.8, 4) is 0 Å². The Hall–Kier alpha value is -0.780. The van der Waals surface area contributed by atoms with Gasteiger partial charge in [0, 0.05) is 0 Å². The summed E-state index contributed by atoms with van der Waals surface area (Å²) < 4.78 is 0. The van der Waals surface area contributed by atoms with E-state index < -0.39 is 0 Å². The molecule has 16 heavy (non-hydrogen) atoms. The minimum atomic E-state index is 0.269. The van der Waals surface area contributed by atoms with E-state index in [4.69, 9.17) is 0 Å². The molecule has 0 fully saturated rings. The predicted octanol–water partition coefficient (Wildman–Crippen LogP) is 4.45. The molecule has 0 bridgehead atoms. The fraction of sp³-hybridized carbons (Fsp3) is 0.625. The lowest BCUT2D eigenvalue weighted by Crippen LogP contribution is -2.21. The second-order valence-electron chi connectivity index (χ2n) is 6.95. The molecule has 0 nitrogen and oxygen atoms in total. The van der Waals surface area contributed by atoms with E-state index in [1.54, 1.807) is 11.1 Å². The summed E-state index contributed by atoms with van der Waals surface area (Å²) in [5.41, 5.74) is 5.23. The molecule has 0 spiro atoms. The van der Waals surface area contributed by atoms with Crippen molar-refractivity contribution in [1.82, 2.24) is 0 Å². The minimum Gasteiger partial charge on any atom is -0.0614 e. The zero-order chi connectivity index (χ0) is 12.1. The van der Waals surface area contributed by atoms with Crippen LogP contribution in [0, 0.1) is 5.92 Å². The topological polar surface area (TPSA) is 0 Å². The second kappa shape index (κ2) is 3.35. The van der Waals surface area contributed by atoms with E-state index in [1.165, 1.54) is 12.0 Å². The van der Waals surface area contributed by atoms with E-state index in [1.807, 2.05) is 0 Å². The Morgan fingerprint density at radius 1 is 1.19 bits per heavy atom. The molecule has 0 saturated heterocycles. The van der Waals surface area contributed by atoms with Crippen molar-refractivity contribution in [1.29, 1.82) is 0 Å². The van der Waals surface area contributed by atoms with Crippen molar-refractivity contribution in [2.45, 2.75) is 58.8 Å². The van der Waals surface area contributed by atoms with Gasteiger partial charge in [-0.3, -0.25) is 0 Å². The molecule has 0 radical (unpaired) electrons. The van der Waals surface area contributed by atoms with E-state index in [9.17, 15) is 0 Å². The lowest BCUT2D eigenvalue weighted by atomic mass is 9.79. The molecule has 0 saturated carbocycles. The van der Waals surface area contributed by atoms with Crippen molar-refractivity contribution >= 4 is 0 Å². The Bertz CT molecular complexity index is 405. The van der Waals surface area contributed by atoms with E-state index in [0.29, 0.717) is 5.41 Å². The second-order valence-corrected chi connectivity index (χ2v) is 6.95. The zero-order valence-electron chi connectivity index (χ0n) is 11.5. The number of rotatable bonds is 0. The van der Waals surface area contributed by atoms with E-state index in [-0.39, 0.29) is 5.41 Å². The summed E-state index contributed by atoms with van der Waals surface area (Å²) in [5, 5.41) is 0. The lowest BCUT2D eigenvalue weighted by Gasteiger charge is -2.26. The Morgan fingerprint density at radius 2 is 1.81 bits per heavy atom. The highest BCUT2D eigenvalue weighted by molar-refractivity contribution is 5.43. The van der Waals surface area contributed by atoms with Gasteiger partial charge in [-0.05, 0) is 39.9 Å². The Labute approximate surface area is 100 Å². The van der Waals surface area contributed by atoms with Gasteiger partial charge in [0.2, 0.25) is 0 Å². The van der Waals surface area contributed by atoms with Gasteiger partial charge in [-0.1, -0.05) is 59.7 Å². The van der Waals surface area contributed by atoms with Gasteiger partial charge in [0.1, 0.15) is 0 Å². The number of hydrogen-bond donors (Lipinski definition) is 0. The maximum absolute atomic E-state index is 2.43. The van der Waals surface area contributed by atoms with Crippen molar-refractivity contribution in [3.05, 3.63) is 34.9 Å². The average molecular weight is 216 g/mol. The molecular weight excluding hydrogens is 192 g/mol. The lowest BCUT2D eigenvalue weighted by molar-refractivity contribution is 0.379. The van der Waals surface area contributed by atoms with Gasteiger partial charge in [-0.25, -0.2) is 0 Å². The minimum absolute atomic E-state index is 0.269. The average Bonchev–Trinajstić information content (AvgIpc) is 2.36. The van der Waals surface area contributed by atoms with Crippen molar-refractivity contribution < 1.29 is 0 Å². The quantitative estimate of drug-likeness (QED) is 0.601. The summed E-state index contributed by atoms with van der Waals surface area (Å²) >= 11 is 0. The molecule has 0 aliphatic heterocycles. The summed E-state index contributed by atoms with van der Waals surface area (Å²) in [6.07, 6.45) is 1.24. The summed E-state index contributed by atoms with van der Waals surface area (Å²) in [6.45, 7) is 14.0. The first-order valence-electron chi connectivity index (χ1n) is 6.37. The third kappa shape index (κ3) is 1.69. The van der Waals surface area contributed by atoms with Crippen molar-refractivity contribution in [2.75, 3.05) is 0 Å². The molecule has 0 N–H and O–H groups in total. The monoisotopic (exact) mass is 216 g/mol. The molecule has 1 aliphatic carbocycles. The van der Waals surface area contributed by atoms with Gasteiger partial charge in [-0.2, -0.15) is 0 Å². The first-order chi connectivity index (χ1) is 7.23. The van der Waals surface area contributed by atoms with Crippen molar-refractivity contribution in [2.24, 2.45) is 5.92 Å². The van der Waals surface area contributed by atoms with Crippen LogP contribution in [0.2, 0.25) is 0 Å². The third-order valence-corrected chi connectivity index (χ3v) is 4.42. The summed E-state index contributed by atoms with van der Waals surface area (Å²) in [7, 11) is 0. The maximum Gasteiger partial charge on any atom is -0.00720 e.